The monoisotopic (exact) mass is 253 g/mol. The summed E-state index contributed by atoms with van der Waals surface area (Å²) in [5, 5.41) is 9.23. The van der Waals surface area contributed by atoms with E-state index < -0.39 is 0 Å². The van der Waals surface area contributed by atoms with Crippen molar-refractivity contribution in [3.8, 4) is 6.07 Å². The van der Waals surface area contributed by atoms with Gasteiger partial charge in [0, 0.05) is 26.2 Å². The van der Waals surface area contributed by atoms with Crippen molar-refractivity contribution in [3.63, 3.8) is 0 Å². The van der Waals surface area contributed by atoms with Crippen molar-refractivity contribution >= 4 is 11.8 Å². The molecule has 2 aliphatic rings. The Balaban J connectivity index is 1.70. The molecule has 0 radical (unpaired) electrons. The van der Waals surface area contributed by atoms with Gasteiger partial charge in [-0.15, -0.1) is 11.8 Å². The van der Waals surface area contributed by atoms with Crippen LogP contribution >= 0.6 is 11.8 Å². The molecule has 3 nitrogen and oxygen atoms in total. The molecular weight excluding hydrogens is 230 g/mol. The van der Waals surface area contributed by atoms with Crippen LogP contribution in [0.15, 0.2) is 0 Å². The Morgan fingerprint density at radius 2 is 1.59 bits per heavy atom. The SMILES string of the molecule is CSC1(C#N)CCN(CCN2CCCC2)CC1. The summed E-state index contributed by atoms with van der Waals surface area (Å²) in [5.74, 6) is 0. The number of nitrogens with zero attached hydrogens (tertiary/aromatic N) is 3. The molecule has 2 heterocycles. The lowest BCUT2D eigenvalue weighted by Gasteiger charge is -2.36. The van der Waals surface area contributed by atoms with Crippen molar-refractivity contribution in [2.24, 2.45) is 0 Å². The smallest absolute Gasteiger partial charge is 0.104 e. The largest absolute Gasteiger partial charge is 0.302 e. The third kappa shape index (κ3) is 3.37. The number of piperidine rings is 1. The molecule has 0 atom stereocenters. The van der Waals surface area contributed by atoms with Crippen molar-refractivity contribution in [2.45, 2.75) is 30.4 Å². The standard InChI is InChI=1S/C13H23N3S/c1-17-13(12-14)4-8-16(9-5-13)11-10-15-6-2-3-7-15/h2-11H2,1H3. The molecular formula is C13H23N3S. The fourth-order valence-corrected chi connectivity index (χ4v) is 3.47. The van der Waals surface area contributed by atoms with E-state index in [1.54, 1.807) is 11.8 Å². The average molecular weight is 253 g/mol. The second kappa shape index (κ2) is 6.08. The Kier molecular flexibility index (Phi) is 4.72. The molecule has 4 heteroatoms. The van der Waals surface area contributed by atoms with Gasteiger partial charge in [-0.1, -0.05) is 0 Å². The lowest BCUT2D eigenvalue weighted by molar-refractivity contribution is 0.188. The van der Waals surface area contributed by atoms with E-state index in [1.807, 2.05) is 0 Å². The van der Waals surface area contributed by atoms with Gasteiger partial charge in [0.25, 0.3) is 0 Å². The highest BCUT2D eigenvalue weighted by Crippen LogP contribution is 2.33. The van der Waals surface area contributed by atoms with Gasteiger partial charge in [0.2, 0.25) is 0 Å². The maximum atomic E-state index is 9.23. The van der Waals surface area contributed by atoms with Crippen LogP contribution in [-0.2, 0) is 0 Å². The van der Waals surface area contributed by atoms with Crippen LogP contribution in [0.1, 0.15) is 25.7 Å². The molecule has 2 aliphatic heterocycles. The van der Waals surface area contributed by atoms with Crippen LogP contribution in [0.25, 0.3) is 0 Å². The second-order valence-corrected chi connectivity index (χ2v) is 6.39. The Bertz CT molecular complexity index is 273. The number of hydrogen-bond donors (Lipinski definition) is 0. The molecule has 0 bridgehead atoms. The zero-order chi connectivity index (χ0) is 12.1. The summed E-state index contributed by atoms with van der Waals surface area (Å²) in [7, 11) is 0. The summed E-state index contributed by atoms with van der Waals surface area (Å²) in [6.07, 6.45) is 6.90. The molecule has 2 fully saturated rings. The number of hydrogen-bond acceptors (Lipinski definition) is 4. The molecule has 0 amide bonds. The maximum Gasteiger partial charge on any atom is 0.104 e. The number of likely N-dealkylation sites (tertiary alicyclic amines) is 2. The summed E-state index contributed by atoms with van der Waals surface area (Å²) in [6, 6.07) is 2.51. The quantitative estimate of drug-likeness (QED) is 0.764. The molecule has 0 aromatic heterocycles. The summed E-state index contributed by atoms with van der Waals surface area (Å²) in [4.78, 5) is 5.10. The van der Waals surface area contributed by atoms with Gasteiger partial charge in [-0.05, 0) is 45.0 Å². The van der Waals surface area contributed by atoms with Gasteiger partial charge in [-0.25, -0.2) is 0 Å². The van der Waals surface area contributed by atoms with Crippen LogP contribution in [-0.4, -0.2) is 60.1 Å². The Morgan fingerprint density at radius 3 is 2.06 bits per heavy atom. The molecule has 0 spiro atoms. The Labute approximate surface area is 109 Å². The average Bonchev–Trinajstić information content (AvgIpc) is 2.90. The van der Waals surface area contributed by atoms with E-state index >= 15 is 0 Å². The van der Waals surface area contributed by atoms with Crippen molar-refractivity contribution in [2.75, 3.05) is 45.5 Å². The molecule has 96 valence electrons. The van der Waals surface area contributed by atoms with Gasteiger partial charge < -0.3 is 9.80 Å². The zero-order valence-electron chi connectivity index (χ0n) is 10.8. The minimum absolute atomic E-state index is 0.0931. The molecule has 0 unspecified atom stereocenters. The lowest BCUT2D eigenvalue weighted by Crippen LogP contribution is -2.44. The Hall–Kier alpha value is -0.240. The van der Waals surface area contributed by atoms with E-state index in [9.17, 15) is 5.26 Å². The summed E-state index contributed by atoms with van der Waals surface area (Å²) < 4.78 is -0.0931. The highest BCUT2D eigenvalue weighted by Gasteiger charge is 2.33. The van der Waals surface area contributed by atoms with E-state index in [0.717, 1.165) is 25.9 Å². The molecule has 0 aromatic rings. The summed E-state index contributed by atoms with van der Waals surface area (Å²) >= 11 is 1.74. The number of nitriles is 1. The first kappa shape index (κ1) is 13.2. The van der Waals surface area contributed by atoms with Crippen molar-refractivity contribution in [1.82, 2.24) is 9.80 Å². The Morgan fingerprint density at radius 1 is 1.06 bits per heavy atom. The predicted molar refractivity (Wildman–Crippen MR) is 73.2 cm³/mol. The van der Waals surface area contributed by atoms with Crippen molar-refractivity contribution in [1.29, 1.82) is 5.26 Å². The van der Waals surface area contributed by atoms with Gasteiger partial charge in [0.05, 0.1) is 6.07 Å². The van der Waals surface area contributed by atoms with Gasteiger partial charge in [-0.2, -0.15) is 5.26 Å². The summed E-state index contributed by atoms with van der Waals surface area (Å²) in [6.45, 7) is 7.20. The normalized spacial score (nSPS) is 25.9. The van der Waals surface area contributed by atoms with E-state index in [-0.39, 0.29) is 4.75 Å². The fourth-order valence-electron chi connectivity index (χ4n) is 2.79. The number of thioether (sulfide) groups is 1. The third-order valence-corrected chi connectivity index (χ3v) is 5.47. The maximum absolute atomic E-state index is 9.23. The van der Waals surface area contributed by atoms with Crippen molar-refractivity contribution in [3.05, 3.63) is 0 Å². The van der Waals surface area contributed by atoms with Crippen LogP contribution in [0.5, 0.6) is 0 Å². The summed E-state index contributed by atoms with van der Waals surface area (Å²) in [5.41, 5.74) is 0. The number of rotatable bonds is 4. The molecule has 0 saturated carbocycles. The molecule has 2 saturated heterocycles. The van der Waals surface area contributed by atoms with E-state index in [4.69, 9.17) is 0 Å². The van der Waals surface area contributed by atoms with Gasteiger partial charge in [0.15, 0.2) is 0 Å². The first-order chi connectivity index (χ1) is 8.28. The van der Waals surface area contributed by atoms with Crippen LogP contribution in [0.3, 0.4) is 0 Å². The topological polar surface area (TPSA) is 30.3 Å². The van der Waals surface area contributed by atoms with Crippen molar-refractivity contribution < 1.29 is 0 Å². The minimum Gasteiger partial charge on any atom is -0.302 e. The van der Waals surface area contributed by atoms with Crippen LogP contribution in [0, 0.1) is 11.3 Å². The fraction of sp³-hybridized carbons (Fsp3) is 0.923. The van der Waals surface area contributed by atoms with E-state index in [0.29, 0.717) is 0 Å². The highest BCUT2D eigenvalue weighted by molar-refractivity contribution is 8.00. The van der Waals surface area contributed by atoms with Gasteiger partial charge in [-0.3, -0.25) is 0 Å². The molecule has 0 aromatic carbocycles. The van der Waals surface area contributed by atoms with Gasteiger partial charge >= 0.3 is 0 Å². The minimum atomic E-state index is -0.0931. The third-order valence-electron chi connectivity index (χ3n) is 4.19. The lowest BCUT2D eigenvalue weighted by atomic mass is 9.97. The molecule has 0 N–H and O–H groups in total. The van der Waals surface area contributed by atoms with Crippen LogP contribution in [0.2, 0.25) is 0 Å². The van der Waals surface area contributed by atoms with E-state index in [1.165, 1.54) is 39.0 Å². The highest BCUT2D eigenvalue weighted by atomic mass is 32.2. The van der Waals surface area contributed by atoms with Gasteiger partial charge in [0.1, 0.15) is 4.75 Å². The van der Waals surface area contributed by atoms with Crippen LogP contribution < -0.4 is 0 Å². The predicted octanol–water partition coefficient (Wildman–Crippen LogP) is 1.80. The molecule has 0 aliphatic carbocycles. The first-order valence-electron chi connectivity index (χ1n) is 6.69. The molecule has 2 rings (SSSR count). The first-order valence-corrected chi connectivity index (χ1v) is 7.92. The zero-order valence-corrected chi connectivity index (χ0v) is 11.6. The van der Waals surface area contributed by atoms with E-state index in [2.05, 4.69) is 22.1 Å². The molecule has 17 heavy (non-hydrogen) atoms. The van der Waals surface area contributed by atoms with Crippen LogP contribution in [0.4, 0.5) is 0 Å². The second-order valence-electron chi connectivity index (χ2n) is 5.20.